The van der Waals surface area contributed by atoms with E-state index in [4.69, 9.17) is 4.74 Å². The summed E-state index contributed by atoms with van der Waals surface area (Å²) in [7, 11) is 1.40. The summed E-state index contributed by atoms with van der Waals surface area (Å²) in [6.07, 6.45) is 24.3. The molecule has 0 spiro atoms. The first kappa shape index (κ1) is 27.2. The molecule has 0 aromatic heterocycles. The van der Waals surface area contributed by atoms with Gasteiger partial charge < -0.3 is 9.47 Å². The van der Waals surface area contributed by atoms with E-state index in [1.54, 1.807) is 12.1 Å². The van der Waals surface area contributed by atoms with Crippen LogP contribution in [0.4, 0.5) is 0 Å². The quantitative estimate of drug-likeness (QED) is 0.119. The van der Waals surface area contributed by atoms with E-state index in [1.165, 1.54) is 26.4 Å². The minimum absolute atomic E-state index is 0.190. The Balaban J connectivity index is 2.53. The Hall–Kier alpha value is -2.88. The van der Waals surface area contributed by atoms with Gasteiger partial charge in [0.1, 0.15) is 6.10 Å². The van der Waals surface area contributed by atoms with Crippen LogP contribution in [0.1, 0.15) is 75.1 Å². The van der Waals surface area contributed by atoms with E-state index >= 15 is 0 Å². The SMILES string of the molecule is CCCCC/C=C\C/C=C\CC(/C=C/C=C\CCCC(=O)OC)OC(=O)c1ccccc1. The lowest BCUT2D eigenvalue weighted by Gasteiger charge is -2.12. The molecule has 0 saturated heterocycles. The molecule has 1 atom stereocenters. The first-order valence-electron chi connectivity index (χ1n) is 11.6. The second-order valence-corrected chi connectivity index (χ2v) is 7.50. The van der Waals surface area contributed by atoms with Gasteiger partial charge >= 0.3 is 11.9 Å². The van der Waals surface area contributed by atoms with Crippen molar-refractivity contribution in [1.82, 2.24) is 0 Å². The molecule has 1 unspecified atom stereocenters. The second-order valence-electron chi connectivity index (χ2n) is 7.50. The zero-order valence-electron chi connectivity index (χ0n) is 19.6. The lowest BCUT2D eigenvalue weighted by Crippen LogP contribution is -2.15. The van der Waals surface area contributed by atoms with Crippen LogP contribution in [0.15, 0.2) is 78.9 Å². The van der Waals surface area contributed by atoms with Crippen LogP contribution in [0, 0.1) is 0 Å². The molecular formula is C28H38O4. The van der Waals surface area contributed by atoms with Gasteiger partial charge in [-0.05, 0) is 50.3 Å². The van der Waals surface area contributed by atoms with Crippen LogP contribution in [-0.2, 0) is 14.3 Å². The maximum Gasteiger partial charge on any atom is 0.338 e. The molecule has 0 heterocycles. The number of ether oxygens (including phenoxy) is 2. The lowest BCUT2D eigenvalue weighted by atomic mass is 10.1. The molecule has 0 saturated carbocycles. The Labute approximate surface area is 193 Å². The predicted molar refractivity (Wildman–Crippen MR) is 131 cm³/mol. The molecule has 0 radical (unpaired) electrons. The summed E-state index contributed by atoms with van der Waals surface area (Å²) in [6.45, 7) is 2.21. The summed E-state index contributed by atoms with van der Waals surface area (Å²) in [5, 5.41) is 0. The highest BCUT2D eigenvalue weighted by Crippen LogP contribution is 2.10. The molecule has 0 amide bonds. The first-order chi connectivity index (χ1) is 15.7. The molecule has 0 bridgehead atoms. The largest absolute Gasteiger partial charge is 0.469 e. The number of carbonyl (C=O) groups is 2. The molecule has 0 N–H and O–H groups in total. The summed E-state index contributed by atoms with van der Waals surface area (Å²) in [5.41, 5.74) is 0.545. The topological polar surface area (TPSA) is 52.6 Å². The van der Waals surface area contributed by atoms with Crippen LogP contribution >= 0.6 is 0 Å². The number of hydrogen-bond acceptors (Lipinski definition) is 4. The number of rotatable bonds is 16. The Bertz CT molecular complexity index is 744. The van der Waals surface area contributed by atoms with Crippen molar-refractivity contribution in [3.8, 4) is 0 Å². The molecule has 1 aromatic rings. The third-order valence-corrected chi connectivity index (χ3v) is 4.77. The number of carbonyl (C=O) groups excluding carboxylic acids is 2. The molecule has 4 nitrogen and oxygen atoms in total. The highest BCUT2D eigenvalue weighted by molar-refractivity contribution is 5.89. The molecule has 32 heavy (non-hydrogen) atoms. The average molecular weight is 439 g/mol. The van der Waals surface area contributed by atoms with Crippen molar-refractivity contribution in [2.75, 3.05) is 7.11 Å². The number of methoxy groups -OCH3 is 1. The van der Waals surface area contributed by atoms with E-state index in [-0.39, 0.29) is 18.0 Å². The van der Waals surface area contributed by atoms with Crippen molar-refractivity contribution in [2.24, 2.45) is 0 Å². The Morgan fingerprint density at radius 2 is 1.66 bits per heavy atom. The van der Waals surface area contributed by atoms with Crippen LogP contribution < -0.4 is 0 Å². The van der Waals surface area contributed by atoms with Crippen molar-refractivity contribution >= 4 is 11.9 Å². The van der Waals surface area contributed by atoms with E-state index in [2.05, 4.69) is 36.0 Å². The van der Waals surface area contributed by atoms with Crippen molar-refractivity contribution in [3.05, 3.63) is 84.5 Å². The van der Waals surface area contributed by atoms with Crippen LogP contribution in [-0.4, -0.2) is 25.2 Å². The van der Waals surface area contributed by atoms with E-state index in [1.807, 2.05) is 42.5 Å². The van der Waals surface area contributed by atoms with Gasteiger partial charge in [-0.3, -0.25) is 4.79 Å². The minimum atomic E-state index is -0.341. The lowest BCUT2D eigenvalue weighted by molar-refractivity contribution is -0.140. The van der Waals surface area contributed by atoms with Gasteiger partial charge in [0, 0.05) is 12.8 Å². The van der Waals surface area contributed by atoms with Crippen molar-refractivity contribution in [1.29, 1.82) is 0 Å². The minimum Gasteiger partial charge on any atom is -0.469 e. The molecular weight excluding hydrogens is 400 g/mol. The standard InChI is InChI=1S/C28H38O4/c1-3-4-5-6-7-8-9-11-17-22-26(32-28(30)25-20-15-14-16-21-25)23-18-12-10-13-19-24-27(29)31-2/h7-8,10-12,14-18,20-21,23,26H,3-6,9,13,19,22,24H2,1-2H3/b8-7-,12-10-,17-11-,23-18+. The summed E-state index contributed by atoms with van der Waals surface area (Å²) in [5.74, 6) is -0.518. The third-order valence-electron chi connectivity index (χ3n) is 4.77. The Morgan fingerprint density at radius 1 is 0.906 bits per heavy atom. The fraction of sp³-hybridized carbons (Fsp3) is 0.429. The van der Waals surface area contributed by atoms with Gasteiger partial charge in [0.2, 0.25) is 0 Å². The third kappa shape index (κ3) is 14.2. The van der Waals surface area contributed by atoms with Crippen LogP contribution in [0.25, 0.3) is 0 Å². The van der Waals surface area contributed by atoms with Gasteiger partial charge in [-0.1, -0.05) is 80.5 Å². The number of hydrogen-bond donors (Lipinski definition) is 0. The van der Waals surface area contributed by atoms with Gasteiger partial charge in [-0.2, -0.15) is 0 Å². The monoisotopic (exact) mass is 438 g/mol. The van der Waals surface area contributed by atoms with Crippen LogP contribution in [0.5, 0.6) is 0 Å². The molecule has 0 aliphatic carbocycles. The highest BCUT2D eigenvalue weighted by Gasteiger charge is 2.11. The van der Waals surface area contributed by atoms with Gasteiger partial charge in [-0.15, -0.1) is 0 Å². The molecule has 0 aliphatic heterocycles. The smallest absolute Gasteiger partial charge is 0.338 e. The fourth-order valence-electron chi connectivity index (χ4n) is 2.91. The van der Waals surface area contributed by atoms with E-state index in [9.17, 15) is 9.59 Å². The van der Waals surface area contributed by atoms with Crippen molar-refractivity contribution in [3.63, 3.8) is 0 Å². The molecule has 1 rings (SSSR count). The molecule has 0 fully saturated rings. The fourth-order valence-corrected chi connectivity index (χ4v) is 2.91. The van der Waals surface area contributed by atoms with Gasteiger partial charge in [0.25, 0.3) is 0 Å². The Morgan fingerprint density at radius 3 is 2.41 bits per heavy atom. The zero-order valence-corrected chi connectivity index (χ0v) is 19.6. The maximum absolute atomic E-state index is 12.4. The Kier molecular flexibility index (Phi) is 16.0. The molecule has 4 heteroatoms. The molecule has 1 aromatic carbocycles. The zero-order chi connectivity index (χ0) is 23.3. The summed E-state index contributed by atoms with van der Waals surface area (Å²) in [6, 6.07) is 9.03. The second kappa shape index (κ2) is 18.9. The number of unbranched alkanes of at least 4 members (excludes halogenated alkanes) is 4. The summed E-state index contributed by atoms with van der Waals surface area (Å²) >= 11 is 0. The van der Waals surface area contributed by atoms with Crippen LogP contribution in [0.2, 0.25) is 0 Å². The van der Waals surface area contributed by atoms with Gasteiger partial charge in [0.05, 0.1) is 12.7 Å². The molecule has 0 aliphatic rings. The van der Waals surface area contributed by atoms with Crippen molar-refractivity contribution in [2.45, 2.75) is 70.8 Å². The van der Waals surface area contributed by atoms with E-state index in [0.717, 1.165) is 25.7 Å². The van der Waals surface area contributed by atoms with E-state index < -0.39 is 0 Å². The number of esters is 2. The predicted octanol–water partition coefficient (Wildman–Crippen LogP) is 7.14. The van der Waals surface area contributed by atoms with Gasteiger partial charge in [-0.25, -0.2) is 4.79 Å². The van der Waals surface area contributed by atoms with Crippen LogP contribution in [0.3, 0.4) is 0 Å². The first-order valence-corrected chi connectivity index (χ1v) is 11.6. The normalized spacial score (nSPS) is 12.8. The maximum atomic E-state index is 12.4. The van der Waals surface area contributed by atoms with Gasteiger partial charge in [0.15, 0.2) is 0 Å². The number of benzene rings is 1. The summed E-state index contributed by atoms with van der Waals surface area (Å²) in [4.78, 5) is 23.5. The molecule has 174 valence electrons. The highest BCUT2D eigenvalue weighted by atomic mass is 16.5. The van der Waals surface area contributed by atoms with E-state index in [0.29, 0.717) is 18.4 Å². The van der Waals surface area contributed by atoms with Crippen molar-refractivity contribution < 1.29 is 19.1 Å². The number of allylic oxidation sites excluding steroid dienone is 6. The average Bonchev–Trinajstić information content (AvgIpc) is 2.82. The summed E-state index contributed by atoms with van der Waals surface area (Å²) < 4.78 is 10.3.